The number of carbonyl (C=O) groups is 1. The molecule has 0 aliphatic carbocycles. The molecule has 0 spiro atoms. The molecule has 7 nitrogen and oxygen atoms in total. The molecule has 1 amide bonds. The van der Waals surface area contributed by atoms with Crippen LogP contribution in [0.2, 0.25) is 0 Å². The molecular formula is C23H27N3O4S. The quantitative estimate of drug-likeness (QED) is 0.742. The number of nitrogens with zero attached hydrogens (tertiary/aromatic N) is 2. The number of aryl methyl sites for hydroxylation is 1. The summed E-state index contributed by atoms with van der Waals surface area (Å²) in [6.45, 7) is 4.46. The fourth-order valence-corrected chi connectivity index (χ4v) is 5.28. The van der Waals surface area contributed by atoms with Crippen molar-refractivity contribution in [2.45, 2.75) is 37.6 Å². The molecule has 0 radical (unpaired) electrons. The molecule has 0 bridgehead atoms. The molecule has 1 unspecified atom stereocenters. The molecule has 1 saturated heterocycles. The molecule has 8 heteroatoms. The molecule has 164 valence electrons. The summed E-state index contributed by atoms with van der Waals surface area (Å²) in [5, 5.41) is 11.9. The van der Waals surface area contributed by atoms with Gasteiger partial charge in [0.05, 0.1) is 29.7 Å². The number of nitriles is 1. The van der Waals surface area contributed by atoms with E-state index in [-0.39, 0.29) is 35.9 Å². The Hall–Kier alpha value is -2.89. The number of benzene rings is 2. The van der Waals surface area contributed by atoms with E-state index in [1.165, 1.54) is 28.6 Å². The SMILES string of the molecule is COc1ccc(C)cc1C(C)NC(=O)C1CCN(S(=O)(=O)c2ccc(C#N)cc2)CC1. The van der Waals surface area contributed by atoms with E-state index in [1.807, 2.05) is 38.1 Å². The summed E-state index contributed by atoms with van der Waals surface area (Å²) in [5.74, 6) is 0.402. The Morgan fingerprint density at radius 2 is 1.84 bits per heavy atom. The Bertz CT molecular complexity index is 1080. The largest absolute Gasteiger partial charge is 0.496 e. The number of rotatable bonds is 6. The maximum absolute atomic E-state index is 12.9. The first-order valence-corrected chi connectivity index (χ1v) is 11.7. The number of hydrogen-bond donors (Lipinski definition) is 1. The van der Waals surface area contributed by atoms with Crippen molar-refractivity contribution in [2.24, 2.45) is 5.92 Å². The van der Waals surface area contributed by atoms with E-state index >= 15 is 0 Å². The molecular weight excluding hydrogens is 414 g/mol. The average Bonchev–Trinajstić information content (AvgIpc) is 2.79. The topological polar surface area (TPSA) is 99.5 Å². The minimum atomic E-state index is -3.64. The zero-order chi connectivity index (χ0) is 22.6. The standard InChI is InChI=1S/C23H27N3O4S/c1-16-4-9-22(30-3)21(14-16)17(2)25-23(27)19-10-12-26(13-11-19)31(28,29)20-7-5-18(15-24)6-8-20/h4-9,14,17,19H,10-13H2,1-3H3,(H,25,27). The monoisotopic (exact) mass is 441 g/mol. The maximum Gasteiger partial charge on any atom is 0.243 e. The van der Waals surface area contributed by atoms with Crippen LogP contribution in [0.25, 0.3) is 0 Å². The minimum absolute atomic E-state index is 0.0773. The molecule has 0 saturated carbocycles. The highest BCUT2D eigenvalue weighted by Crippen LogP contribution is 2.28. The number of piperidine rings is 1. The van der Waals surface area contributed by atoms with E-state index in [4.69, 9.17) is 10.00 Å². The molecule has 1 N–H and O–H groups in total. The van der Waals surface area contributed by atoms with Crippen molar-refractivity contribution in [2.75, 3.05) is 20.2 Å². The number of amides is 1. The van der Waals surface area contributed by atoms with E-state index in [0.717, 1.165) is 16.9 Å². The lowest BCUT2D eigenvalue weighted by molar-refractivity contribution is -0.126. The van der Waals surface area contributed by atoms with Crippen LogP contribution >= 0.6 is 0 Å². The van der Waals surface area contributed by atoms with Crippen LogP contribution in [0.15, 0.2) is 47.4 Å². The lowest BCUT2D eigenvalue weighted by atomic mass is 9.96. The number of hydrogen-bond acceptors (Lipinski definition) is 5. The third kappa shape index (κ3) is 5.06. The van der Waals surface area contributed by atoms with E-state index in [0.29, 0.717) is 18.4 Å². The molecule has 1 heterocycles. The normalized spacial score (nSPS) is 16.3. The van der Waals surface area contributed by atoms with Gasteiger partial charge < -0.3 is 10.1 Å². The zero-order valence-corrected chi connectivity index (χ0v) is 18.8. The lowest BCUT2D eigenvalue weighted by Crippen LogP contribution is -2.43. The van der Waals surface area contributed by atoms with Crippen molar-refractivity contribution in [1.29, 1.82) is 5.26 Å². The van der Waals surface area contributed by atoms with Crippen LogP contribution in [0.5, 0.6) is 5.75 Å². The smallest absolute Gasteiger partial charge is 0.243 e. The highest BCUT2D eigenvalue weighted by molar-refractivity contribution is 7.89. The second-order valence-corrected chi connectivity index (χ2v) is 9.73. The van der Waals surface area contributed by atoms with Crippen molar-refractivity contribution < 1.29 is 17.9 Å². The van der Waals surface area contributed by atoms with E-state index < -0.39 is 10.0 Å². The van der Waals surface area contributed by atoms with Crippen LogP contribution in [0.3, 0.4) is 0 Å². The van der Waals surface area contributed by atoms with Crippen LogP contribution in [-0.2, 0) is 14.8 Å². The average molecular weight is 442 g/mol. The van der Waals surface area contributed by atoms with Crippen LogP contribution in [0.1, 0.15) is 42.5 Å². The predicted molar refractivity (Wildman–Crippen MR) is 117 cm³/mol. The second-order valence-electron chi connectivity index (χ2n) is 7.79. The Balaban J connectivity index is 1.62. The van der Waals surface area contributed by atoms with E-state index in [2.05, 4.69) is 5.32 Å². The molecule has 1 aliphatic rings. The van der Waals surface area contributed by atoms with Crippen LogP contribution < -0.4 is 10.1 Å². The summed E-state index contributed by atoms with van der Waals surface area (Å²) in [4.78, 5) is 13.0. The van der Waals surface area contributed by atoms with Crippen molar-refractivity contribution in [1.82, 2.24) is 9.62 Å². The van der Waals surface area contributed by atoms with Crippen molar-refractivity contribution in [3.8, 4) is 11.8 Å². The summed E-state index contributed by atoms with van der Waals surface area (Å²) in [7, 11) is -2.04. The van der Waals surface area contributed by atoms with Gasteiger partial charge >= 0.3 is 0 Å². The first kappa shape index (κ1) is 22.8. The number of carbonyl (C=O) groups excluding carboxylic acids is 1. The van der Waals surface area contributed by atoms with Gasteiger partial charge in [-0.25, -0.2) is 8.42 Å². The van der Waals surface area contributed by atoms with Gasteiger partial charge in [0.25, 0.3) is 0 Å². The van der Waals surface area contributed by atoms with Gasteiger partial charge in [0.2, 0.25) is 15.9 Å². The first-order chi connectivity index (χ1) is 14.8. The first-order valence-electron chi connectivity index (χ1n) is 10.2. The summed E-state index contributed by atoms with van der Waals surface area (Å²) in [5.41, 5.74) is 2.41. The molecule has 0 aromatic heterocycles. The summed E-state index contributed by atoms with van der Waals surface area (Å²) < 4.78 is 32.5. The van der Waals surface area contributed by atoms with Crippen LogP contribution in [-0.4, -0.2) is 38.8 Å². The van der Waals surface area contributed by atoms with Gasteiger partial charge in [-0.2, -0.15) is 9.57 Å². The second kappa shape index (κ2) is 9.50. The van der Waals surface area contributed by atoms with Gasteiger partial charge in [-0.05, 0) is 57.0 Å². The lowest BCUT2D eigenvalue weighted by Gasteiger charge is -2.31. The highest BCUT2D eigenvalue weighted by atomic mass is 32.2. The third-order valence-corrected chi connectivity index (χ3v) is 7.57. The molecule has 1 fully saturated rings. The number of sulfonamides is 1. The summed E-state index contributed by atoms with van der Waals surface area (Å²) >= 11 is 0. The number of methoxy groups -OCH3 is 1. The summed E-state index contributed by atoms with van der Waals surface area (Å²) in [6.07, 6.45) is 0.915. The predicted octanol–water partition coefficient (Wildman–Crippen LogP) is 3.15. The fourth-order valence-electron chi connectivity index (χ4n) is 3.81. The number of ether oxygens (including phenoxy) is 1. The fraction of sp³-hybridized carbons (Fsp3) is 0.391. The van der Waals surface area contributed by atoms with Crippen molar-refractivity contribution >= 4 is 15.9 Å². The Morgan fingerprint density at radius 1 is 1.19 bits per heavy atom. The maximum atomic E-state index is 12.9. The van der Waals surface area contributed by atoms with Gasteiger partial charge in [-0.3, -0.25) is 4.79 Å². The molecule has 1 atom stereocenters. The molecule has 2 aromatic rings. The molecule has 2 aromatic carbocycles. The Kier molecular flexibility index (Phi) is 6.98. The van der Waals surface area contributed by atoms with E-state index in [1.54, 1.807) is 7.11 Å². The molecule has 3 rings (SSSR count). The van der Waals surface area contributed by atoms with Crippen molar-refractivity contribution in [3.63, 3.8) is 0 Å². The number of nitrogens with one attached hydrogen (secondary N) is 1. The van der Waals surface area contributed by atoms with Crippen LogP contribution in [0, 0.1) is 24.2 Å². The van der Waals surface area contributed by atoms with Gasteiger partial charge in [0, 0.05) is 24.6 Å². The summed E-state index contributed by atoms with van der Waals surface area (Å²) in [6, 6.07) is 13.5. The van der Waals surface area contributed by atoms with Gasteiger partial charge in [0.1, 0.15) is 5.75 Å². The zero-order valence-electron chi connectivity index (χ0n) is 18.0. The molecule has 1 aliphatic heterocycles. The minimum Gasteiger partial charge on any atom is -0.496 e. The highest BCUT2D eigenvalue weighted by Gasteiger charge is 2.32. The third-order valence-electron chi connectivity index (χ3n) is 5.66. The van der Waals surface area contributed by atoms with Gasteiger partial charge in [-0.15, -0.1) is 0 Å². The Morgan fingerprint density at radius 3 is 2.42 bits per heavy atom. The van der Waals surface area contributed by atoms with Crippen LogP contribution in [0.4, 0.5) is 0 Å². The van der Waals surface area contributed by atoms with Gasteiger partial charge in [0.15, 0.2) is 0 Å². The van der Waals surface area contributed by atoms with Gasteiger partial charge in [-0.1, -0.05) is 17.7 Å². The Labute approximate surface area is 183 Å². The molecule has 31 heavy (non-hydrogen) atoms. The van der Waals surface area contributed by atoms with Crippen molar-refractivity contribution in [3.05, 3.63) is 59.2 Å². The van der Waals surface area contributed by atoms with E-state index in [9.17, 15) is 13.2 Å².